The Morgan fingerprint density at radius 1 is 1.15 bits per heavy atom. The van der Waals surface area contributed by atoms with Crippen LogP contribution in [0.2, 0.25) is 0 Å². The number of amides is 2. The normalized spacial score (nSPS) is 15.1. The maximum absolute atomic E-state index is 13.1. The number of benzene rings is 1. The molecule has 0 spiro atoms. The summed E-state index contributed by atoms with van der Waals surface area (Å²) < 4.78 is 40.8. The number of piperidine rings is 1. The topological polar surface area (TPSA) is 67.2 Å². The van der Waals surface area contributed by atoms with Gasteiger partial charge < -0.3 is 10.2 Å². The molecule has 1 aliphatic heterocycles. The van der Waals surface area contributed by atoms with Gasteiger partial charge in [-0.25, -0.2) is 4.68 Å². The van der Waals surface area contributed by atoms with Crippen molar-refractivity contribution in [3.63, 3.8) is 0 Å². The van der Waals surface area contributed by atoms with Crippen LogP contribution in [0, 0.1) is 19.8 Å². The number of aryl methyl sites for hydroxylation is 1. The summed E-state index contributed by atoms with van der Waals surface area (Å²) in [6.07, 6.45) is -1.26. The Hall–Kier alpha value is -2.84. The Morgan fingerprint density at radius 2 is 1.79 bits per heavy atom. The zero-order chi connectivity index (χ0) is 25.0. The first-order valence-corrected chi connectivity index (χ1v) is 11.9. The predicted octanol–water partition coefficient (Wildman–Crippen LogP) is 4.59. The molecule has 0 aliphatic carbocycles. The number of aromatic nitrogens is 2. The van der Waals surface area contributed by atoms with E-state index < -0.39 is 11.7 Å². The summed E-state index contributed by atoms with van der Waals surface area (Å²) in [5, 5.41) is 7.44. The van der Waals surface area contributed by atoms with E-state index in [4.69, 9.17) is 0 Å². The molecule has 0 saturated carbocycles. The van der Waals surface area contributed by atoms with Gasteiger partial charge in [-0.15, -0.1) is 0 Å². The number of rotatable bonds is 7. The van der Waals surface area contributed by atoms with Gasteiger partial charge in [0.05, 0.1) is 23.4 Å². The van der Waals surface area contributed by atoms with Crippen LogP contribution < -0.4 is 5.32 Å². The van der Waals surface area contributed by atoms with Gasteiger partial charge in [0.15, 0.2) is 0 Å². The van der Waals surface area contributed by atoms with Crippen LogP contribution in [-0.2, 0) is 22.2 Å². The Bertz CT molecular complexity index is 1020. The van der Waals surface area contributed by atoms with Crippen molar-refractivity contribution < 1.29 is 22.8 Å². The Morgan fingerprint density at radius 3 is 2.38 bits per heavy atom. The maximum atomic E-state index is 13.1. The van der Waals surface area contributed by atoms with Gasteiger partial charge >= 0.3 is 6.18 Å². The summed E-state index contributed by atoms with van der Waals surface area (Å²) in [7, 11) is 0. The smallest absolute Gasteiger partial charge is 0.353 e. The molecular weight excluding hydrogens is 445 g/mol. The molecule has 2 heterocycles. The molecule has 0 radical (unpaired) electrons. The van der Waals surface area contributed by atoms with Gasteiger partial charge in [0, 0.05) is 36.3 Å². The molecule has 1 N–H and O–H groups in total. The van der Waals surface area contributed by atoms with Gasteiger partial charge in [0.2, 0.25) is 11.8 Å². The average Bonchev–Trinajstić information content (AvgIpc) is 3.08. The van der Waals surface area contributed by atoms with Crippen molar-refractivity contribution in [3.05, 3.63) is 46.8 Å². The standard InChI is InChI=1S/C25H33F3N4O2/c1-5-18(6-2)24(34)31-12-10-20(11-13-31)29-23(33)15-22-16(3)30-32(17(22)4)21-9-7-8-19(14-21)25(26,27)28/h7-9,14,18,20H,5-6,10-13,15H2,1-4H3,(H,29,33). The van der Waals surface area contributed by atoms with E-state index in [0.717, 1.165) is 25.0 Å². The number of halogens is 3. The first-order chi connectivity index (χ1) is 16.0. The summed E-state index contributed by atoms with van der Waals surface area (Å²) in [5.74, 6) is 0.105. The van der Waals surface area contributed by atoms with E-state index in [9.17, 15) is 22.8 Å². The van der Waals surface area contributed by atoms with Crippen molar-refractivity contribution in [1.82, 2.24) is 20.0 Å². The molecule has 6 nitrogen and oxygen atoms in total. The minimum Gasteiger partial charge on any atom is -0.353 e. The Kier molecular flexibility index (Phi) is 8.05. The van der Waals surface area contributed by atoms with E-state index in [1.165, 1.54) is 10.7 Å². The second-order valence-electron chi connectivity index (χ2n) is 8.97. The van der Waals surface area contributed by atoms with Crippen molar-refractivity contribution in [1.29, 1.82) is 0 Å². The minimum atomic E-state index is -4.44. The van der Waals surface area contributed by atoms with Crippen LogP contribution in [0.4, 0.5) is 13.2 Å². The molecule has 0 atom stereocenters. The lowest BCUT2D eigenvalue weighted by Gasteiger charge is -2.34. The highest BCUT2D eigenvalue weighted by Crippen LogP contribution is 2.31. The molecule has 0 bridgehead atoms. The average molecular weight is 479 g/mol. The van der Waals surface area contributed by atoms with Crippen molar-refractivity contribution in [2.45, 2.75) is 72.0 Å². The second-order valence-corrected chi connectivity index (χ2v) is 8.97. The zero-order valence-electron chi connectivity index (χ0n) is 20.2. The number of nitrogens with zero attached hydrogens (tertiary/aromatic N) is 3. The second kappa shape index (κ2) is 10.6. The highest BCUT2D eigenvalue weighted by Gasteiger charge is 2.31. The zero-order valence-corrected chi connectivity index (χ0v) is 20.2. The highest BCUT2D eigenvalue weighted by atomic mass is 19.4. The van der Waals surface area contributed by atoms with Crippen molar-refractivity contribution in [2.75, 3.05) is 13.1 Å². The number of carbonyl (C=O) groups excluding carboxylic acids is 2. The van der Waals surface area contributed by atoms with E-state index in [1.54, 1.807) is 19.9 Å². The van der Waals surface area contributed by atoms with E-state index >= 15 is 0 Å². The molecule has 3 rings (SSSR count). The molecule has 1 aromatic carbocycles. The van der Waals surface area contributed by atoms with Crippen LogP contribution in [0.15, 0.2) is 24.3 Å². The van der Waals surface area contributed by atoms with Crippen LogP contribution in [0.1, 0.15) is 62.0 Å². The lowest BCUT2D eigenvalue weighted by atomic mass is 9.98. The Balaban J connectivity index is 1.63. The fourth-order valence-electron chi connectivity index (χ4n) is 4.58. The van der Waals surface area contributed by atoms with E-state index in [2.05, 4.69) is 10.4 Å². The van der Waals surface area contributed by atoms with Gasteiger partial charge in [0.25, 0.3) is 0 Å². The van der Waals surface area contributed by atoms with Gasteiger partial charge in [-0.1, -0.05) is 19.9 Å². The largest absolute Gasteiger partial charge is 0.416 e. The van der Waals surface area contributed by atoms with E-state index in [0.29, 0.717) is 48.6 Å². The molecule has 1 fully saturated rings. The summed E-state index contributed by atoms with van der Waals surface area (Å²) in [4.78, 5) is 27.2. The molecule has 9 heteroatoms. The van der Waals surface area contributed by atoms with Crippen molar-refractivity contribution in [2.24, 2.45) is 5.92 Å². The first-order valence-electron chi connectivity index (χ1n) is 11.9. The number of carbonyl (C=O) groups is 2. The number of hydrogen-bond donors (Lipinski definition) is 1. The summed E-state index contributed by atoms with van der Waals surface area (Å²) in [6.45, 7) is 8.82. The molecule has 186 valence electrons. The molecule has 1 saturated heterocycles. The number of likely N-dealkylation sites (tertiary alicyclic amines) is 1. The molecule has 1 aromatic heterocycles. The van der Waals surface area contributed by atoms with Crippen LogP contribution in [0.3, 0.4) is 0 Å². The monoisotopic (exact) mass is 478 g/mol. The first kappa shape index (κ1) is 25.8. The van der Waals surface area contributed by atoms with Crippen molar-refractivity contribution in [3.8, 4) is 5.69 Å². The van der Waals surface area contributed by atoms with E-state index in [-0.39, 0.29) is 30.2 Å². The maximum Gasteiger partial charge on any atom is 0.416 e. The number of hydrogen-bond acceptors (Lipinski definition) is 3. The molecule has 2 aromatic rings. The number of nitrogens with one attached hydrogen (secondary N) is 1. The third-order valence-corrected chi connectivity index (χ3v) is 6.70. The molecular formula is C25H33F3N4O2. The molecule has 2 amide bonds. The van der Waals surface area contributed by atoms with Gasteiger partial charge in [-0.3, -0.25) is 9.59 Å². The lowest BCUT2D eigenvalue weighted by Crippen LogP contribution is -2.48. The van der Waals surface area contributed by atoms with Crippen LogP contribution in [0.25, 0.3) is 5.69 Å². The van der Waals surface area contributed by atoms with Gasteiger partial charge in [-0.2, -0.15) is 18.3 Å². The summed E-state index contributed by atoms with van der Waals surface area (Å²) in [5.41, 5.74) is 1.51. The van der Waals surface area contributed by atoms with E-state index in [1.807, 2.05) is 18.7 Å². The molecule has 0 unspecified atom stereocenters. The van der Waals surface area contributed by atoms with Crippen molar-refractivity contribution >= 4 is 11.8 Å². The molecule has 34 heavy (non-hydrogen) atoms. The fourth-order valence-corrected chi connectivity index (χ4v) is 4.58. The van der Waals surface area contributed by atoms with Gasteiger partial charge in [0.1, 0.15) is 0 Å². The third kappa shape index (κ3) is 5.80. The predicted molar refractivity (Wildman–Crippen MR) is 124 cm³/mol. The SMILES string of the molecule is CCC(CC)C(=O)N1CCC(NC(=O)Cc2c(C)nn(-c3cccc(C(F)(F)F)c3)c2C)CC1. The third-order valence-electron chi connectivity index (χ3n) is 6.70. The van der Waals surface area contributed by atoms with Crippen LogP contribution in [0.5, 0.6) is 0 Å². The minimum absolute atomic E-state index is 0.00243. The fraction of sp³-hybridized carbons (Fsp3) is 0.560. The van der Waals surface area contributed by atoms with Crippen LogP contribution in [-0.4, -0.2) is 45.6 Å². The number of alkyl halides is 3. The van der Waals surface area contributed by atoms with Gasteiger partial charge in [-0.05, 0) is 57.7 Å². The Labute approximate surface area is 198 Å². The summed E-state index contributed by atoms with van der Waals surface area (Å²) in [6, 6.07) is 4.99. The summed E-state index contributed by atoms with van der Waals surface area (Å²) >= 11 is 0. The highest BCUT2D eigenvalue weighted by molar-refractivity contribution is 5.80. The van der Waals surface area contributed by atoms with Crippen LogP contribution >= 0.6 is 0 Å². The molecule has 1 aliphatic rings. The quantitative estimate of drug-likeness (QED) is 0.633. The lowest BCUT2D eigenvalue weighted by molar-refractivity contribution is -0.138.